The number of methoxy groups -OCH3 is 2. The van der Waals surface area contributed by atoms with Crippen molar-refractivity contribution in [2.45, 2.75) is 4.90 Å². The van der Waals surface area contributed by atoms with Crippen molar-refractivity contribution < 1.29 is 27.5 Å². The summed E-state index contributed by atoms with van der Waals surface area (Å²) in [4.78, 5) is 30.8. The van der Waals surface area contributed by atoms with Crippen LogP contribution in [0.1, 0.15) is 10.4 Å². The minimum absolute atomic E-state index is 0.00560. The zero-order chi connectivity index (χ0) is 19.3. The second-order valence-corrected chi connectivity index (χ2v) is 6.36. The quantitative estimate of drug-likeness (QED) is 0.621. The molecule has 26 heavy (non-hydrogen) atoms. The van der Waals surface area contributed by atoms with E-state index in [-0.39, 0.29) is 23.2 Å². The SMILES string of the molecule is COC(=O)c1ccccc1S(=O)(=O)NC(=O)Nc1nc(N)cc(OC)n1. The molecule has 0 aliphatic carbocycles. The van der Waals surface area contributed by atoms with Gasteiger partial charge in [0.05, 0.1) is 19.8 Å². The fourth-order valence-electron chi connectivity index (χ4n) is 1.89. The molecule has 0 saturated carbocycles. The average molecular weight is 381 g/mol. The number of carbonyl (C=O) groups is 2. The number of nitrogens with zero attached hydrogens (tertiary/aromatic N) is 2. The Labute approximate surface area is 148 Å². The molecule has 2 amide bonds. The number of esters is 1. The molecule has 2 aromatic rings. The van der Waals surface area contributed by atoms with Crippen LogP contribution in [0.4, 0.5) is 16.6 Å². The van der Waals surface area contributed by atoms with E-state index in [1.165, 1.54) is 31.4 Å². The first-order valence-corrected chi connectivity index (χ1v) is 8.45. The van der Waals surface area contributed by atoms with E-state index in [1.807, 2.05) is 0 Å². The zero-order valence-corrected chi connectivity index (χ0v) is 14.5. The molecule has 0 aliphatic heterocycles. The summed E-state index contributed by atoms with van der Waals surface area (Å²) in [6.07, 6.45) is 0. The number of rotatable bonds is 5. The molecule has 0 saturated heterocycles. The van der Waals surface area contributed by atoms with E-state index in [9.17, 15) is 18.0 Å². The van der Waals surface area contributed by atoms with Crippen LogP contribution < -0.4 is 20.5 Å². The first-order chi connectivity index (χ1) is 12.3. The Bertz CT molecular complexity index is 947. The number of amides is 2. The van der Waals surface area contributed by atoms with Gasteiger partial charge in [-0.3, -0.25) is 5.32 Å². The van der Waals surface area contributed by atoms with Crippen LogP contribution >= 0.6 is 0 Å². The minimum Gasteiger partial charge on any atom is -0.481 e. The van der Waals surface area contributed by atoms with Crippen molar-refractivity contribution in [1.29, 1.82) is 0 Å². The molecule has 0 unspecified atom stereocenters. The molecule has 11 nitrogen and oxygen atoms in total. The van der Waals surface area contributed by atoms with Crippen LogP contribution in [0.3, 0.4) is 0 Å². The Kier molecular flexibility index (Phi) is 5.57. The smallest absolute Gasteiger partial charge is 0.339 e. The highest BCUT2D eigenvalue weighted by Gasteiger charge is 2.25. The second kappa shape index (κ2) is 7.65. The van der Waals surface area contributed by atoms with E-state index in [2.05, 4.69) is 20.0 Å². The Morgan fingerprint density at radius 1 is 1.15 bits per heavy atom. The number of sulfonamides is 1. The molecule has 2 rings (SSSR count). The van der Waals surface area contributed by atoms with Gasteiger partial charge in [0.25, 0.3) is 10.0 Å². The van der Waals surface area contributed by atoms with E-state index < -0.39 is 26.9 Å². The first kappa shape index (κ1) is 18.9. The van der Waals surface area contributed by atoms with Gasteiger partial charge in [0.2, 0.25) is 11.8 Å². The molecule has 4 N–H and O–H groups in total. The maximum atomic E-state index is 12.4. The third kappa shape index (κ3) is 4.36. The predicted molar refractivity (Wildman–Crippen MR) is 90.1 cm³/mol. The van der Waals surface area contributed by atoms with Gasteiger partial charge in [-0.25, -0.2) is 22.7 Å². The lowest BCUT2D eigenvalue weighted by atomic mass is 10.2. The van der Waals surface area contributed by atoms with Gasteiger partial charge in [-0.2, -0.15) is 9.97 Å². The lowest BCUT2D eigenvalue weighted by molar-refractivity contribution is 0.0596. The molecular weight excluding hydrogens is 366 g/mol. The molecule has 1 aromatic heterocycles. The van der Waals surface area contributed by atoms with Crippen LogP contribution in [-0.2, 0) is 14.8 Å². The highest BCUT2D eigenvalue weighted by atomic mass is 32.2. The van der Waals surface area contributed by atoms with Gasteiger partial charge >= 0.3 is 12.0 Å². The number of benzene rings is 1. The van der Waals surface area contributed by atoms with Crippen molar-refractivity contribution in [2.24, 2.45) is 0 Å². The van der Waals surface area contributed by atoms with Gasteiger partial charge in [-0.05, 0) is 12.1 Å². The summed E-state index contributed by atoms with van der Waals surface area (Å²) in [7, 11) is -1.93. The molecule has 0 fully saturated rings. The Morgan fingerprint density at radius 2 is 1.85 bits per heavy atom. The van der Waals surface area contributed by atoms with E-state index in [1.54, 1.807) is 4.72 Å². The van der Waals surface area contributed by atoms with Crippen LogP contribution in [0.25, 0.3) is 0 Å². The molecular formula is C14H15N5O6S. The van der Waals surface area contributed by atoms with Gasteiger partial charge in [0.15, 0.2) is 0 Å². The standard InChI is InChI=1S/C14H15N5O6S/c1-24-11-7-10(15)16-13(17-11)18-14(21)19-26(22,23)9-6-4-3-5-8(9)12(20)25-2/h3-7H,1-2H3,(H4,15,16,17,18,19,21). The molecule has 1 heterocycles. The van der Waals surface area contributed by atoms with Crippen LogP contribution in [-0.4, -0.2) is 44.6 Å². The lowest BCUT2D eigenvalue weighted by Crippen LogP contribution is -2.35. The summed E-state index contributed by atoms with van der Waals surface area (Å²) in [5.74, 6) is -1.05. The Hall–Kier alpha value is -3.41. The number of hydrogen-bond acceptors (Lipinski definition) is 9. The average Bonchev–Trinajstić information content (AvgIpc) is 2.59. The van der Waals surface area contributed by atoms with Gasteiger partial charge in [0.1, 0.15) is 10.7 Å². The highest BCUT2D eigenvalue weighted by Crippen LogP contribution is 2.17. The van der Waals surface area contributed by atoms with Crippen LogP contribution in [0.2, 0.25) is 0 Å². The maximum absolute atomic E-state index is 12.4. The molecule has 138 valence electrons. The molecule has 12 heteroatoms. The van der Waals surface area contributed by atoms with Crippen molar-refractivity contribution in [2.75, 3.05) is 25.3 Å². The Morgan fingerprint density at radius 3 is 2.50 bits per heavy atom. The molecule has 1 aromatic carbocycles. The number of anilines is 2. The minimum atomic E-state index is -4.37. The molecule has 0 bridgehead atoms. The van der Waals surface area contributed by atoms with Crippen molar-refractivity contribution in [3.05, 3.63) is 35.9 Å². The van der Waals surface area contributed by atoms with Crippen molar-refractivity contribution in [3.63, 3.8) is 0 Å². The van der Waals surface area contributed by atoms with Crippen molar-refractivity contribution in [1.82, 2.24) is 14.7 Å². The largest absolute Gasteiger partial charge is 0.481 e. The number of nitrogen functional groups attached to an aromatic ring is 1. The second-order valence-electron chi connectivity index (χ2n) is 4.71. The predicted octanol–water partition coefficient (Wildman–Crippen LogP) is 0.364. The van der Waals surface area contributed by atoms with Gasteiger partial charge in [-0.1, -0.05) is 12.1 Å². The van der Waals surface area contributed by atoms with Gasteiger partial charge < -0.3 is 15.2 Å². The number of nitrogens with one attached hydrogen (secondary N) is 2. The fourth-order valence-corrected chi connectivity index (χ4v) is 2.99. The Balaban J connectivity index is 2.24. The third-order valence-electron chi connectivity index (χ3n) is 2.97. The number of aromatic nitrogens is 2. The number of ether oxygens (including phenoxy) is 2. The van der Waals surface area contributed by atoms with Crippen LogP contribution in [0.15, 0.2) is 35.2 Å². The van der Waals surface area contributed by atoms with Gasteiger partial charge in [-0.15, -0.1) is 0 Å². The summed E-state index contributed by atoms with van der Waals surface area (Å²) in [5.41, 5.74) is 5.30. The van der Waals surface area contributed by atoms with Crippen LogP contribution in [0, 0.1) is 0 Å². The molecule has 0 spiro atoms. The van der Waals surface area contributed by atoms with E-state index in [0.29, 0.717) is 0 Å². The summed E-state index contributed by atoms with van der Waals surface area (Å²) in [6.45, 7) is 0. The molecule has 0 radical (unpaired) electrons. The molecule has 0 aliphatic rings. The van der Waals surface area contributed by atoms with Gasteiger partial charge in [0, 0.05) is 6.07 Å². The normalized spacial score (nSPS) is 10.7. The lowest BCUT2D eigenvalue weighted by Gasteiger charge is -2.11. The van der Waals surface area contributed by atoms with Crippen LogP contribution in [0.5, 0.6) is 5.88 Å². The van der Waals surface area contributed by atoms with Crippen molar-refractivity contribution in [3.8, 4) is 5.88 Å². The monoisotopic (exact) mass is 381 g/mol. The summed E-state index contributed by atoms with van der Waals surface area (Å²) in [6, 6.07) is 5.42. The summed E-state index contributed by atoms with van der Waals surface area (Å²) in [5, 5.41) is 2.12. The first-order valence-electron chi connectivity index (χ1n) is 6.96. The summed E-state index contributed by atoms with van der Waals surface area (Å²) >= 11 is 0. The van der Waals surface area contributed by atoms with Crippen molar-refractivity contribution >= 4 is 33.8 Å². The number of urea groups is 1. The van der Waals surface area contributed by atoms with E-state index >= 15 is 0 Å². The summed E-state index contributed by atoms with van der Waals surface area (Å²) < 4.78 is 35.9. The highest BCUT2D eigenvalue weighted by molar-refractivity contribution is 7.90. The van der Waals surface area contributed by atoms with E-state index in [4.69, 9.17) is 10.5 Å². The van der Waals surface area contributed by atoms with E-state index in [0.717, 1.165) is 13.2 Å². The maximum Gasteiger partial charge on any atom is 0.339 e. The fraction of sp³-hybridized carbons (Fsp3) is 0.143. The molecule has 0 atom stereocenters. The number of hydrogen-bond donors (Lipinski definition) is 3. The zero-order valence-electron chi connectivity index (χ0n) is 13.7. The number of nitrogens with two attached hydrogens (primary N) is 1. The third-order valence-corrected chi connectivity index (χ3v) is 4.36. The number of carbonyl (C=O) groups excluding carboxylic acids is 2. The topological polar surface area (TPSA) is 163 Å².